The molecule has 2 fully saturated rings. The summed E-state index contributed by atoms with van der Waals surface area (Å²) in [5, 5.41) is 1.82. The zero-order valence-corrected chi connectivity index (χ0v) is 29.8. The largest absolute Gasteiger partial charge is 0.341 e. The van der Waals surface area contributed by atoms with Crippen LogP contribution in [0.4, 0.5) is 0 Å². The number of aromatic nitrogens is 4. The first-order chi connectivity index (χ1) is 23.1. The summed E-state index contributed by atoms with van der Waals surface area (Å²) in [6.45, 7) is 11.9. The Hall–Kier alpha value is -3.64. The zero-order valence-electron chi connectivity index (χ0n) is 28.1. The molecule has 2 amide bonds. The van der Waals surface area contributed by atoms with Crippen LogP contribution in [0.15, 0.2) is 68.4 Å². The molecule has 2 aliphatic rings. The van der Waals surface area contributed by atoms with Gasteiger partial charge in [-0.05, 0) is 60.8 Å². The van der Waals surface area contributed by atoms with Crippen LogP contribution in [0.1, 0.15) is 40.5 Å². The van der Waals surface area contributed by atoms with Gasteiger partial charge in [0.15, 0.2) is 10.3 Å². The predicted molar refractivity (Wildman–Crippen MR) is 193 cm³/mol. The first-order valence-electron chi connectivity index (χ1n) is 16.9. The van der Waals surface area contributed by atoms with Gasteiger partial charge >= 0.3 is 0 Å². The highest BCUT2D eigenvalue weighted by Crippen LogP contribution is 2.26. The number of likely N-dealkylation sites (tertiary alicyclic amines) is 2. The van der Waals surface area contributed by atoms with Crippen molar-refractivity contribution in [2.24, 2.45) is 23.7 Å². The van der Waals surface area contributed by atoms with Crippen molar-refractivity contribution in [2.75, 3.05) is 37.7 Å². The average molecular weight is 689 g/mol. The van der Waals surface area contributed by atoms with Crippen LogP contribution < -0.4 is 11.1 Å². The maximum absolute atomic E-state index is 13.9. The maximum atomic E-state index is 13.9. The monoisotopic (exact) mass is 688 g/mol. The molecule has 10 nitrogen and oxygen atoms in total. The zero-order chi connectivity index (χ0) is 33.9. The summed E-state index contributed by atoms with van der Waals surface area (Å²) in [5.74, 6) is 2.18. The average Bonchev–Trinajstić information content (AvgIpc) is 3.05. The molecule has 254 valence electrons. The molecule has 4 heterocycles. The molecule has 0 saturated carbocycles. The van der Waals surface area contributed by atoms with Gasteiger partial charge in [0.05, 0.1) is 33.3 Å². The summed E-state index contributed by atoms with van der Waals surface area (Å²) >= 11 is 2.52. The quantitative estimate of drug-likeness (QED) is 0.179. The van der Waals surface area contributed by atoms with E-state index in [1.54, 1.807) is 45.5 Å². The highest BCUT2D eigenvalue weighted by Gasteiger charge is 2.27. The van der Waals surface area contributed by atoms with Gasteiger partial charge < -0.3 is 9.80 Å². The fourth-order valence-corrected chi connectivity index (χ4v) is 9.13. The molecular weight excluding hydrogens is 645 g/mol. The van der Waals surface area contributed by atoms with Crippen molar-refractivity contribution in [3.05, 3.63) is 69.2 Å². The summed E-state index contributed by atoms with van der Waals surface area (Å²) in [4.78, 5) is 67.8. The van der Waals surface area contributed by atoms with Crippen LogP contribution in [-0.2, 0) is 22.7 Å². The number of rotatable bonds is 9. The summed E-state index contributed by atoms with van der Waals surface area (Å²) in [6.07, 6.45) is 2.22. The number of hydrogen-bond acceptors (Lipinski definition) is 8. The second-order valence-corrected chi connectivity index (χ2v) is 15.7. The highest BCUT2D eigenvalue weighted by atomic mass is 32.2. The lowest BCUT2D eigenvalue weighted by molar-refractivity contribution is -0.131. The molecule has 48 heavy (non-hydrogen) atoms. The van der Waals surface area contributed by atoms with Gasteiger partial charge in [0, 0.05) is 39.3 Å². The van der Waals surface area contributed by atoms with Crippen LogP contribution in [0.25, 0.3) is 21.8 Å². The van der Waals surface area contributed by atoms with E-state index >= 15 is 0 Å². The molecule has 0 N–H and O–H groups in total. The predicted octanol–water partition coefficient (Wildman–Crippen LogP) is 5.00. The van der Waals surface area contributed by atoms with E-state index in [9.17, 15) is 19.2 Å². The smallest absolute Gasteiger partial charge is 0.262 e. The highest BCUT2D eigenvalue weighted by molar-refractivity contribution is 8.00. The lowest BCUT2D eigenvalue weighted by atomic mass is 9.92. The second-order valence-electron chi connectivity index (χ2n) is 13.8. The molecule has 0 aliphatic carbocycles. The van der Waals surface area contributed by atoms with Crippen molar-refractivity contribution < 1.29 is 9.59 Å². The van der Waals surface area contributed by atoms with Crippen LogP contribution >= 0.6 is 23.5 Å². The van der Waals surface area contributed by atoms with E-state index < -0.39 is 0 Å². The normalized spacial score (nSPS) is 21.6. The standard InChI is InChI=1S/C36H44N6O4S2/c1-23-15-24(2)18-39(17-23)31(43)21-47-35-37-29-11-7-5-9-27(29)33(45)41(35)13-14-42-34(46)28-10-6-8-12-30(28)38-36(42)48-22-32(44)40-19-25(3)16-26(4)20-40/h5-12,23-26H,13-22H2,1-4H3/t23-,24+,25-,26+. The number of thioether (sulfide) groups is 2. The summed E-state index contributed by atoms with van der Waals surface area (Å²) in [6, 6.07) is 14.4. The minimum Gasteiger partial charge on any atom is -0.341 e. The Morgan fingerprint density at radius 3 is 1.35 bits per heavy atom. The van der Waals surface area contributed by atoms with Gasteiger partial charge in [-0.1, -0.05) is 75.5 Å². The number of carbonyl (C=O) groups is 2. The van der Waals surface area contributed by atoms with Crippen LogP contribution in [0.3, 0.4) is 0 Å². The Morgan fingerprint density at radius 1 is 0.625 bits per heavy atom. The fraction of sp³-hybridized carbons (Fsp3) is 0.500. The number of fused-ring (bicyclic) bond motifs is 2. The van der Waals surface area contributed by atoms with Crippen LogP contribution in [-0.4, -0.2) is 78.4 Å². The fourth-order valence-electron chi connectivity index (χ4n) is 7.28. The molecule has 2 aliphatic heterocycles. The van der Waals surface area contributed by atoms with Gasteiger partial charge in [-0.25, -0.2) is 9.97 Å². The molecule has 12 heteroatoms. The lowest BCUT2D eigenvalue weighted by Crippen LogP contribution is -2.43. The van der Waals surface area contributed by atoms with Gasteiger partial charge in [-0.2, -0.15) is 0 Å². The Balaban J connectivity index is 1.28. The number of hydrogen-bond donors (Lipinski definition) is 0. The molecule has 0 radical (unpaired) electrons. The molecule has 0 bridgehead atoms. The molecule has 6 rings (SSSR count). The van der Waals surface area contributed by atoms with Gasteiger partial charge in [0.1, 0.15) is 0 Å². The van der Waals surface area contributed by atoms with E-state index in [1.807, 2.05) is 21.9 Å². The Labute approximate surface area is 289 Å². The van der Waals surface area contributed by atoms with E-state index in [-0.39, 0.29) is 47.5 Å². The molecule has 2 aromatic carbocycles. The van der Waals surface area contributed by atoms with Crippen molar-refractivity contribution in [3.8, 4) is 0 Å². The van der Waals surface area contributed by atoms with Gasteiger partial charge in [-0.3, -0.25) is 28.3 Å². The molecule has 2 aromatic heterocycles. The van der Waals surface area contributed by atoms with Crippen molar-refractivity contribution in [3.63, 3.8) is 0 Å². The number of amides is 2. The molecule has 0 unspecified atom stereocenters. The minimum absolute atomic E-state index is 0.0307. The van der Waals surface area contributed by atoms with E-state index in [2.05, 4.69) is 27.7 Å². The Morgan fingerprint density at radius 2 is 0.979 bits per heavy atom. The molecule has 4 aromatic rings. The third kappa shape index (κ3) is 7.64. The number of carbonyl (C=O) groups excluding carboxylic acids is 2. The van der Waals surface area contributed by atoms with Crippen molar-refractivity contribution in [1.29, 1.82) is 0 Å². The van der Waals surface area contributed by atoms with E-state index in [1.165, 1.54) is 23.5 Å². The van der Waals surface area contributed by atoms with Crippen LogP contribution in [0, 0.1) is 23.7 Å². The first kappa shape index (κ1) is 34.2. The number of para-hydroxylation sites is 2. The summed E-state index contributed by atoms with van der Waals surface area (Å²) in [5.41, 5.74) is 0.676. The number of piperidine rings is 2. The Bertz CT molecular complexity index is 1780. The SMILES string of the molecule is C[C@@H]1C[C@H](C)CN(C(=O)CSc2nc3ccccc3c(=O)n2CCn2c(SCC(=O)N3C[C@H](C)C[C@H](C)C3)nc3ccccc3c2=O)C1. The van der Waals surface area contributed by atoms with Crippen LogP contribution in [0.2, 0.25) is 0 Å². The van der Waals surface area contributed by atoms with E-state index in [0.717, 1.165) is 39.0 Å². The first-order valence-corrected chi connectivity index (χ1v) is 18.8. The topological polar surface area (TPSA) is 110 Å². The van der Waals surface area contributed by atoms with Gasteiger partial charge in [0.2, 0.25) is 11.8 Å². The van der Waals surface area contributed by atoms with Crippen molar-refractivity contribution in [1.82, 2.24) is 28.9 Å². The third-order valence-electron chi connectivity index (χ3n) is 9.29. The van der Waals surface area contributed by atoms with Crippen molar-refractivity contribution in [2.45, 2.75) is 63.9 Å². The third-order valence-corrected chi connectivity index (χ3v) is 11.2. The molecular formula is C36H44N6O4S2. The molecule has 2 saturated heterocycles. The van der Waals surface area contributed by atoms with Crippen molar-refractivity contribution >= 4 is 57.1 Å². The summed E-state index contributed by atoms with van der Waals surface area (Å²) < 4.78 is 3.14. The Kier molecular flexibility index (Phi) is 10.6. The van der Waals surface area contributed by atoms with E-state index in [0.29, 0.717) is 55.8 Å². The molecule has 4 atom stereocenters. The number of nitrogens with zero attached hydrogens (tertiary/aromatic N) is 6. The van der Waals surface area contributed by atoms with Gasteiger partial charge in [-0.15, -0.1) is 0 Å². The maximum Gasteiger partial charge on any atom is 0.262 e. The molecule has 0 spiro atoms. The van der Waals surface area contributed by atoms with Gasteiger partial charge in [0.25, 0.3) is 11.1 Å². The summed E-state index contributed by atoms with van der Waals surface area (Å²) in [7, 11) is 0. The van der Waals surface area contributed by atoms with E-state index in [4.69, 9.17) is 9.97 Å². The number of benzene rings is 2. The van der Waals surface area contributed by atoms with Crippen LogP contribution in [0.5, 0.6) is 0 Å². The second kappa shape index (κ2) is 14.9. The lowest BCUT2D eigenvalue weighted by Gasteiger charge is -2.35. The minimum atomic E-state index is -0.227.